The number of hydrogen-bond donors (Lipinski definition) is 1. The van der Waals surface area contributed by atoms with E-state index >= 15 is 0 Å². The van der Waals surface area contributed by atoms with Crippen molar-refractivity contribution in [2.45, 2.75) is 45.8 Å². The number of anilines is 1. The van der Waals surface area contributed by atoms with Gasteiger partial charge in [0.25, 0.3) is 0 Å². The van der Waals surface area contributed by atoms with E-state index in [1.54, 1.807) is 0 Å². The van der Waals surface area contributed by atoms with Crippen LogP contribution in [0.15, 0.2) is 54.6 Å². The molecular weight excluding hydrogens is 374 g/mol. The highest BCUT2D eigenvalue weighted by molar-refractivity contribution is 6.01. The van der Waals surface area contributed by atoms with Crippen molar-refractivity contribution in [2.75, 3.05) is 18.0 Å². The van der Waals surface area contributed by atoms with E-state index in [2.05, 4.69) is 47.4 Å². The van der Waals surface area contributed by atoms with Crippen molar-refractivity contribution in [1.82, 2.24) is 0 Å². The number of benzene rings is 3. The fraction of sp³-hybridized carbons (Fsp3) is 0.346. The van der Waals surface area contributed by atoms with E-state index in [4.69, 9.17) is 4.74 Å². The molecule has 4 heteroatoms. The Kier molecular flexibility index (Phi) is 5.29. The van der Waals surface area contributed by atoms with Crippen LogP contribution in [0, 0.1) is 6.92 Å². The Morgan fingerprint density at radius 2 is 1.80 bits per heavy atom. The van der Waals surface area contributed by atoms with Crippen LogP contribution in [-0.4, -0.2) is 29.8 Å². The third-order valence-corrected chi connectivity index (χ3v) is 5.61. The lowest BCUT2D eigenvalue weighted by molar-refractivity contribution is -0.160. The van der Waals surface area contributed by atoms with Gasteiger partial charge in [-0.15, -0.1) is 0 Å². The zero-order valence-corrected chi connectivity index (χ0v) is 18.1. The summed E-state index contributed by atoms with van der Waals surface area (Å²) in [6.45, 7) is 9.79. The van der Waals surface area contributed by atoms with E-state index in [1.165, 1.54) is 12.1 Å². The zero-order chi connectivity index (χ0) is 21.5. The second-order valence-electron chi connectivity index (χ2n) is 9.04. The van der Waals surface area contributed by atoms with Crippen LogP contribution in [0.25, 0.3) is 21.9 Å². The molecule has 1 atom stereocenters. The van der Waals surface area contributed by atoms with Crippen LogP contribution in [0.1, 0.15) is 44.4 Å². The number of hydrogen-bond acceptors (Lipinski definition) is 3. The molecule has 1 aliphatic heterocycles. The number of aryl methyl sites for hydroxylation is 1. The van der Waals surface area contributed by atoms with E-state index < -0.39 is 17.7 Å². The van der Waals surface area contributed by atoms with Gasteiger partial charge < -0.3 is 14.7 Å². The van der Waals surface area contributed by atoms with Crippen LogP contribution in [-0.2, 0) is 9.53 Å². The first-order chi connectivity index (χ1) is 14.2. The van der Waals surface area contributed by atoms with Gasteiger partial charge >= 0.3 is 5.97 Å². The highest BCUT2D eigenvalue weighted by atomic mass is 16.5. The van der Waals surface area contributed by atoms with Crippen LogP contribution < -0.4 is 4.90 Å². The molecule has 156 valence electrons. The number of nitrogens with zero attached hydrogens (tertiary/aromatic N) is 1. The highest BCUT2D eigenvalue weighted by Gasteiger charge is 2.31. The summed E-state index contributed by atoms with van der Waals surface area (Å²) < 4.78 is 6.08. The number of ether oxygens (including phenoxy) is 1. The van der Waals surface area contributed by atoms with Gasteiger partial charge in [-0.05, 0) is 73.7 Å². The van der Waals surface area contributed by atoms with Gasteiger partial charge in [0.2, 0.25) is 0 Å². The molecular formula is C26H29NO3. The predicted molar refractivity (Wildman–Crippen MR) is 122 cm³/mol. The molecule has 0 bridgehead atoms. The maximum Gasteiger partial charge on any atom is 0.337 e. The fourth-order valence-corrected chi connectivity index (χ4v) is 4.17. The summed E-state index contributed by atoms with van der Waals surface area (Å²) >= 11 is 0. The Labute approximate surface area is 178 Å². The minimum atomic E-state index is -1.04. The smallest absolute Gasteiger partial charge is 0.337 e. The molecule has 0 amide bonds. The highest BCUT2D eigenvalue weighted by Crippen LogP contribution is 2.41. The van der Waals surface area contributed by atoms with Crippen molar-refractivity contribution in [3.8, 4) is 11.1 Å². The van der Waals surface area contributed by atoms with Gasteiger partial charge in [-0.1, -0.05) is 42.5 Å². The van der Waals surface area contributed by atoms with E-state index in [-0.39, 0.29) is 0 Å². The summed E-state index contributed by atoms with van der Waals surface area (Å²) in [5.74, 6) is -0.969. The lowest BCUT2D eigenvalue weighted by Gasteiger charge is -2.33. The lowest BCUT2D eigenvalue weighted by Crippen LogP contribution is -2.36. The maximum atomic E-state index is 12.3. The molecule has 0 saturated carbocycles. The van der Waals surface area contributed by atoms with Gasteiger partial charge in [-0.3, -0.25) is 0 Å². The van der Waals surface area contributed by atoms with Crippen molar-refractivity contribution in [3.05, 3.63) is 65.7 Å². The van der Waals surface area contributed by atoms with Crippen LogP contribution >= 0.6 is 0 Å². The number of carboxylic acids is 1. The molecule has 0 unspecified atom stereocenters. The van der Waals surface area contributed by atoms with Gasteiger partial charge in [-0.2, -0.15) is 0 Å². The molecule has 0 radical (unpaired) electrons. The number of fused-ring (bicyclic) bond motifs is 1. The van der Waals surface area contributed by atoms with Gasteiger partial charge in [0, 0.05) is 24.3 Å². The second kappa shape index (κ2) is 7.77. The molecule has 1 N–H and O–H groups in total. The monoisotopic (exact) mass is 403 g/mol. The average Bonchev–Trinajstić information content (AvgIpc) is 2.63. The molecule has 0 spiro atoms. The number of carbonyl (C=O) groups is 1. The Balaban J connectivity index is 1.99. The van der Waals surface area contributed by atoms with Crippen molar-refractivity contribution in [2.24, 2.45) is 0 Å². The third kappa shape index (κ3) is 3.92. The van der Waals surface area contributed by atoms with Gasteiger partial charge in [-0.25, -0.2) is 4.79 Å². The Morgan fingerprint density at radius 3 is 2.43 bits per heavy atom. The lowest BCUT2D eigenvalue weighted by atomic mass is 9.87. The summed E-state index contributed by atoms with van der Waals surface area (Å²) in [4.78, 5) is 14.7. The summed E-state index contributed by atoms with van der Waals surface area (Å²) in [5.41, 5.74) is 4.23. The van der Waals surface area contributed by atoms with Crippen molar-refractivity contribution in [1.29, 1.82) is 0 Å². The summed E-state index contributed by atoms with van der Waals surface area (Å²) in [6, 6.07) is 18.7. The van der Waals surface area contributed by atoms with Gasteiger partial charge in [0.15, 0.2) is 6.10 Å². The molecule has 1 heterocycles. The molecule has 4 nitrogen and oxygen atoms in total. The van der Waals surface area contributed by atoms with E-state index in [1.807, 2.05) is 39.8 Å². The molecule has 30 heavy (non-hydrogen) atoms. The SMILES string of the molecule is Cc1cc2ccccc2c(-c2cccc(N3CCC3)c2)c1[C@H](OC(C)(C)C)C(=O)O. The summed E-state index contributed by atoms with van der Waals surface area (Å²) in [5, 5.41) is 12.3. The molecule has 4 rings (SSSR count). The minimum absolute atomic E-state index is 0.585. The average molecular weight is 404 g/mol. The fourth-order valence-electron chi connectivity index (χ4n) is 4.17. The van der Waals surface area contributed by atoms with E-state index in [0.717, 1.165) is 46.1 Å². The van der Waals surface area contributed by atoms with Crippen molar-refractivity contribution < 1.29 is 14.6 Å². The number of aliphatic carboxylic acids is 1. The first-order valence-corrected chi connectivity index (χ1v) is 10.5. The van der Waals surface area contributed by atoms with Gasteiger partial charge in [0.1, 0.15) is 0 Å². The molecule has 1 saturated heterocycles. The first-order valence-electron chi connectivity index (χ1n) is 10.5. The Hall–Kier alpha value is -2.85. The first kappa shape index (κ1) is 20.4. The number of rotatable bonds is 5. The van der Waals surface area contributed by atoms with Crippen LogP contribution in [0.5, 0.6) is 0 Å². The Morgan fingerprint density at radius 1 is 1.07 bits per heavy atom. The second-order valence-corrected chi connectivity index (χ2v) is 9.04. The molecule has 0 aromatic heterocycles. The quantitative estimate of drug-likeness (QED) is 0.570. The van der Waals surface area contributed by atoms with E-state index in [0.29, 0.717) is 0 Å². The number of carboxylic acid groups (broad SMARTS) is 1. The Bertz CT molecular complexity index is 1090. The molecule has 3 aromatic carbocycles. The zero-order valence-electron chi connectivity index (χ0n) is 18.1. The minimum Gasteiger partial charge on any atom is -0.479 e. The van der Waals surface area contributed by atoms with Crippen molar-refractivity contribution >= 4 is 22.4 Å². The molecule has 0 aliphatic carbocycles. The van der Waals surface area contributed by atoms with E-state index in [9.17, 15) is 9.90 Å². The topological polar surface area (TPSA) is 49.8 Å². The molecule has 1 aliphatic rings. The van der Waals surface area contributed by atoms with Crippen LogP contribution in [0.3, 0.4) is 0 Å². The van der Waals surface area contributed by atoms with Crippen molar-refractivity contribution in [3.63, 3.8) is 0 Å². The predicted octanol–water partition coefficient (Wildman–Crippen LogP) is 5.97. The van der Waals surface area contributed by atoms with Crippen LogP contribution in [0.2, 0.25) is 0 Å². The molecule has 1 fully saturated rings. The van der Waals surface area contributed by atoms with Crippen LogP contribution in [0.4, 0.5) is 5.69 Å². The van der Waals surface area contributed by atoms with Gasteiger partial charge in [0.05, 0.1) is 5.60 Å². The largest absolute Gasteiger partial charge is 0.479 e. The maximum absolute atomic E-state index is 12.3. The normalized spacial score (nSPS) is 15.1. The summed E-state index contributed by atoms with van der Waals surface area (Å²) in [6.07, 6.45) is 0.167. The summed E-state index contributed by atoms with van der Waals surface area (Å²) in [7, 11) is 0. The molecule has 3 aromatic rings. The third-order valence-electron chi connectivity index (χ3n) is 5.61. The standard InChI is InChI=1S/C26H29NO3/c1-17-15-18-9-5-6-12-21(18)23(22(17)24(25(28)29)30-26(2,3)4)19-10-7-11-20(16-19)27-13-8-14-27/h5-7,9-12,15-16,24H,8,13-14H2,1-4H3,(H,28,29)/t24-/m0/s1.